The number of rotatable bonds is 5. The quantitative estimate of drug-likeness (QED) is 0.370. The van der Waals surface area contributed by atoms with E-state index in [4.69, 9.17) is 26.4 Å². The summed E-state index contributed by atoms with van der Waals surface area (Å²) in [6.07, 6.45) is 1.82. The Morgan fingerprint density at radius 3 is 2.50 bits per heavy atom. The summed E-state index contributed by atoms with van der Waals surface area (Å²) >= 11 is 5.90. The Hall–Kier alpha value is -4.04. The highest BCUT2D eigenvalue weighted by Gasteiger charge is 2.42. The first-order valence-electron chi connectivity index (χ1n) is 11.8. The molecule has 4 heterocycles. The van der Waals surface area contributed by atoms with E-state index in [0.717, 1.165) is 45.7 Å². The standard InChI is InChI=1S/C28H26N4O3S/c1-17-14-22(18(2)31(17)19-7-10-21(33-3)11-8-19)27-26(23-6-4-5-13-29-23)30-28(36)32(27)20-9-12-24-25(15-20)35-16-34-24/h4-15,26-27H,16H2,1-3H3,(H,30,36)/t26-,27+/m1/s1. The molecule has 0 radical (unpaired) electrons. The number of ether oxygens (including phenoxy) is 3. The Morgan fingerprint density at radius 1 is 0.972 bits per heavy atom. The first-order chi connectivity index (χ1) is 17.5. The van der Waals surface area contributed by atoms with Crippen molar-refractivity contribution >= 4 is 23.0 Å². The smallest absolute Gasteiger partial charge is 0.231 e. The van der Waals surface area contributed by atoms with Gasteiger partial charge < -0.3 is 29.0 Å². The molecule has 0 unspecified atom stereocenters. The normalized spacial score (nSPS) is 18.4. The van der Waals surface area contributed by atoms with Crippen molar-refractivity contribution in [3.63, 3.8) is 0 Å². The average molecular weight is 499 g/mol. The van der Waals surface area contributed by atoms with E-state index in [1.54, 1.807) is 7.11 Å². The second kappa shape index (κ2) is 8.87. The predicted molar refractivity (Wildman–Crippen MR) is 142 cm³/mol. The monoisotopic (exact) mass is 498 g/mol. The molecular weight excluding hydrogens is 472 g/mol. The Bertz CT molecular complexity index is 1440. The van der Waals surface area contributed by atoms with Crippen molar-refractivity contribution in [2.75, 3.05) is 18.8 Å². The molecule has 4 aromatic rings. The van der Waals surface area contributed by atoms with Crippen LogP contribution >= 0.6 is 12.2 Å². The minimum absolute atomic E-state index is 0.119. The first kappa shape index (κ1) is 22.4. The Morgan fingerprint density at radius 2 is 1.75 bits per heavy atom. The number of fused-ring (bicyclic) bond motifs is 1. The van der Waals surface area contributed by atoms with E-state index in [2.05, 4.69) is 51.8 Å². The van der Waals surface area contributed by atoms with Gasteiger partial charge in [-0.15, -0.1) is 0 Å². The zero-order chi connectivity index (χ0) is 24.8. The van der Waals surface area contributed by atoms with Crippen LogP contribution in [-0.4, -0.2) is 28.6 Å². The predicted octanol–water partition coefficient (Wildman–Crippen LogP) is 5.40. The molecule has 1 fully saturated rings. The molecule has 1 saturated heterocycles. The van der Waals surface area contributed by atoms with Gasteiger partial charge >= 0.3 is 0 Å². The maximum atomic E-state index is 5.90. The fraction of sp³-hybridized carbons (Fsp3) is 0.214. The Balaban J connectivity index is 1.49. The molecule has 0 saturated carbocycles. The molecule has 7 nitrogen and oxygen atoms in total. The lowest BCUT2D eigenvalue weighted by molar-refractivity contribution is 0.174. The van der Waals surface area contributed by atoms with Crippen molar-refractivity contribution in [1.82, 2.24) is 14.9 Å². The lowest BCUT2D eigenvalue weighted by Crippen LogP contribution is -2.29. The largest absolute Gasteiger partial charge is 0.497 e. The summed E-state index contributed by atoms with van der Waals surface area (Å²) in [6, 6.07) is 22.0. The highest BCUT2D eigenvalue weighted by molar-refractivity contribution is 7.80. The molecule has 36 heavy (non-hydrogen) atoms. The molecule has 6 rings (SSSR count). The molecule has 8 heteroatoms. The molecule has 2 atom stereocenters. The van der Waals surface area contributed by atoms with Crippen LogP contribution in [0.5, 0.6) is 17.2 Å². The zero-order valence-corrected chi connectivity index (χ0v) is 21.1. The van der Waals surface area contributed by atoms with Crippen LogP contribution in [0.25, 0.3) is 5.69 Å². The van der Waals surface area contributed by atoms with E-state index >= 15 is 0 Å². The number of hydrogen-bond acceptors (Lipinski definition) is 5. The summed E-state index contributed by atoms with van der Waals surface area (Å²) in [5.74, 6) is 2.29. The Labute approximate surface area is 215 Å². The molecule has 182 valence electrons. The second-order valence-electron chi connectivity index (χ2n) is 8.89. The van der Waals surface area contributed by atoms with Gasteiger partial charge in [0.25, 0.3) is 0 Å². The molecule has 0 spiro atoms. The maximum Gasteiger partial charge on any atom is 0.231 e. The van der Waals surface area contributed by atoms with Crippen LogP contribution in [0.3, 0.4) is 0 Å². The minimum Gasteiger partial charge on any atom is -0.497 e. The van der Waals surface area contributed by atoms with Gasteiger partial charge in [-0.2, -0.15) is 0 Å². The number of benzene rings is 2. The molecule has 0 amide bonds. The molecule has 0 aliphatic carbocycles. The van der Waals surface area contributed by atoms with Crippen LogP contribution in [0.15, 0.2) is 72.9 Å². The number of aryl methyl sites for hydroxylation is 1. The van der Waals surface area contributed by atoms with Gasteiger partial charge in [0.05, 0.1) is 24.9 Å². The van der Waals surface area contributed by atoms with Crippen molar-refractivity contribution in [3.8, 4) is 22.9 Å². The fourth-order valence-electron chi connectivity index (χ4n) is 5.20. The molecule has 2 aromatic carbocycles. The number of hydrogen-bond donors (Lipinski definition) is 1. The van der Waals surface area contributed by atoms with Crippen molar-refractivity contribution in [2.24, 2.45) is 0 Å². The second-order valence-corrected chi connectivity index (χ2v) is 9.28. The van der Waals surface area contributed by atoms with Gasteiger partial charge in [-0.3, -0.25) is 4.98 Å². The van der Waals surface area contributed by atoms with Gasteiger partial charge in [0.1, 0.15) is 5.75 Å². The summed E-state index contributed by atoms with van der Waals surface area (Å²) in [5, 5.41) is 4.19. The van der Waals surface area contributed by atoms with E-state index in [-0.39, 0.29) is 18.9 Å². The molecular formula is C28H26N4O3S. The van der Waals surface area contributed by atoms with Crippen molar-refractivity contribution in [2.45, 2.75) is 25.9 Å². The molecule has 0 bridgehead atoms. The fourth-order valence-corrected chi connectivity index (χ4v) is 5.55. The van der Waals surface area contributed by atoms with E-state index in [0.29, 0.717) is 5.11 Å². The van der Waals surface area contributed by atoms with E-state index < -0.39 is 0 Å². The third-order valence-electron chi connectivity index (χ3n) is 6.85. The summed E-state index contributed by atoms with van der Waals surface area (Å²) in [7, 11) is 1.68. The van der Waals surface area contributed by atoms with Crippen molar-refractivity contribution in [1.29, 1.82) is 0 Å². The lowest BCUT2D eigenvalue weighted by atomic mass is 9.96. The lowest BCUT2D eigenvalue weighted by Gasteiger charge is -2.28. The van der Waals surface area contributed by atoms with Crippen LogP contribution < -0.4 is 24.4 Å². The van der Waals surface area contributed by atoms with E-state index in [9.17, 15) is 0 Å². The van der Waals surface area contributed by atoms with Gasteiger partial charge in [0.15, 0.2) is 16.6 Å². The number of thiocarbonyl (C=S) groups is 1. The number of pyridine rings is 1. The number of nitrogens with one attached hydrogen (secondary N) is 1. The third kappa shape index (κ3) is 3.65. The first-order valence-corrected chi connectivity index (χ1v) is 12.2. The van der Waals surface area contributed by atoms with Crippen LogP contribution in [0, 0.1) is 13.8 Å². The molecule has 1 N–H and O–H groups in total. The Kier molecular flexibility index (Phi) is 5.53. The van der Waals surface area contributed by atoms with Gasteiger partial charge in [-0.05, 0) is 86.2 Å². The van der Waals surface area contributed by atoms with Crippen LogP contribution in [0.4, 0.5) is 5.69 Å². The van der Waals surface area contributed by atoms with Gasteiger partial charge in [0.2, 0.25) is 6.79 Å². The van der Waals surface area contributed by atoms with Crippen LogP contribution in [0.1, 0.15) is 34.7 Å². The topological polar surface area (TPSA) is 60.8 Å². The number of nitrogens with zero attached hydrogens (tertiary/aromatic N) is 3. The molecule has 2 aliphatic heterocycles. The number of aromatic nitrogens is 2. The zero-order valence-electron chi connectivity index (χ0n) is 20.3. The minimum atomic E-state index is -0.131. The molecule has 2 aromatic heterocycles. The van der Waals surface area contributed by atoms with E-state index in [1.807, 2.05) is 54.7 Å². The summed E-state index contributed by atoms with van der Waals surface area (Å²) < 4.78 is 18.8. The molecule has 2 aliphatic rings. The summed E-state index contributed by atoms with van der Waals surface area (Å²) in [6.45, 7) is 4.51. The van der Waals surface area contributed by atoms with E-state index in [1.165, 1.54) is 5.56 Å². The summed E-state index contributed by atoms with van der Waals surface area (Å²) in [5.41, 5.74) is 6.40. The van der Waals surface area contributed by atoms with Gasteiger partial charge in [0, 0.05) is 35.0 Å². The number of methoxy groups -OCH3 is 1. The van der Waals surface area contributed by atoms with Crippen molar-refractivity contribution < 1.29 is 14.2 Å². The number of anilines is 1. The SMILES string of the molecule is COc1ccc(-n2c(C)cc([C@H]3[C@@H](c4ccccn4)NC(=S)N3c3ccc4c(c3)OCO4)c2C)cc1. The van der Waals surface area contributed by atoms with Crippen molar-refractivity contribution in [3.05, 3.63) is 95.6 Å². The van der Waals surface area contributed by atoms with Gasteiger partial charge in [-0.1, -0.05) is 6.07 Å². The highest BCUT2D eigenvalue weighted by Crippen LogP contribution is 2.46. The van der Waals surface area contributed by atoms with Crippen LogP contribution in [0.2, 0.25) is 0 Å². The third-order valence-corrected chi connectivity index (χ3v) is 7.17. The average Bonchev–Trinajstić information content (AvgIpc) is 3.59. The van der Waals surface area contributed by atoms with Crippen LogP contribution in [-0.2, 0) is 0 Å². The van der Waals surface area contributed by atoms with Gasteiger partial charge in [-0.25, -0.2) is 0 Å². The summed E-state index contributed by atoms with van der Waals surface area (Å²) in [4.78, 5) is 6.84. The highest BCUT2D eigenvalue weighted by atomic mass is 32.1. The maximum absolute atomic E-state index is 5.90.